The van der Waals surface area contributed by atoms with Gasteiger partial charge in [-0.2, -0.15) is 0 Å². The number of aliphatic imine (C=N–C) groups is 1. The van der Waals surface area contributed by atoms with Crippen molar-refractivity contribution in [3.8, 4) is 11.5 Å². The number of benzene rings is 3. The van der Waals surface area contributed by atoms with Crippen molar-refractivity contribution in [2.24, 2.45) is 4.99 Å². The number of thioether (sulfide) groups is 1. The summed E-state index contributed by atoms with van der Waals surface area (Å²) in [5.41, 5.74) is 3.84. The van der Waals surface area contributed by atoms with Crippen molar-refractivity contribution in [3.63, 3.8) is 0 Å². The van der Waals surface area contributed by atoms with Gasteiger partial charge in [0.1, 0.15) is 6.61 Å². The molecular weight excluding hydrogens is 480 g/mol. The number of hydrogen-bond acceptors (Lipinski definition) is 5. The van der Waals surface area contributed by atoms with Crippen molar-refractivity contribution in [2.45, 2.75) is 33.4 Å². The summed E-state index contributed by atoms with van der Waals surface area (Å²) in [4.78, 5) is 20.3. The molecule has 0 atom stereocenters. The van der Waals surface area contributed by atoms with E-state index in [0.717, 1.165) is 16.8 Å². The fraction of sp³-hybridized carbons (Fsp3) is 0.214. The molecule has 1 aliphatic rings. The molecular formula is C28H27ClN2O3S. The predicted octanol–water partition coefficient (Wildman–Crippen LogP) is 7.25. The lowest BCUT2D eigenvalue weighted by atomic mass is 10.1. The quantitative estimate of drug-likeness (QED) is 0.317. The molecule has 0 aliphatic carbocycles. The Kier molecular flexibility index (Phi) is 7.83. The second-order valence-corrected chi connectivity index (χ2v) is 9.88. The van der Waals surface area contributed by atoms with Crippen LogP contribution in [0.1, 0.15) is 30.5 Å². The summed E-state index contributed by atoms with van der Waals surface area (Å²) in [5.74, 6) is 1.16. The van der Waals surface area contributed by atoms with Crippen LogP contribution < -0.4 is 9.47 Å². The minimum absolute atomic E-state index is 0.0109. The van der Waals surface area contributed by atoms with Crippen LogP contribution in [0.3, 0.4) is 0 Å². The van der Waals surface area contributed by atoms with Crippen molar-refractivity contribution in [1.82, 2.24) is 4.90 Å². The molecule has 1 fully saturated rings. The highest BCUT2D eigenvalue weighted by Crippen LogP contribution is 2.37. The normalized spacial score (nSPS) is 15.9. The van der Waals surface area contributed by atoms with Crippen LogP contribution in [0.25, 0.3) is 6.08 Å². The monoisotopic (exact) mass is 506 g/mol. The van der Waals surface area contributed by atoms with Crippen LogP contribution in [0.2, 0.25) is 5.02 Å². The molecule has 1 amide bonds. The Morgan fingerprint density at radius 3 is 2.40 bits per heavy atom. The van der Waals surface area contributed by atoms with Gasteiger partial charge in [0.25, 0.3) is 5.91 Å². The third-order valence-corrected chi connectivity index (χ3v) is 6.64. The number of nitrogens with zero attached hydrogens (tertiary/aromatic N) is 2. The number of ether oxygens (including phenoxy) is 2. The molecule has 1 heterocycles. The van der Waals surface area contributed by atoms with Crippen LogP contribution in [0.15, 0.2) is 76.6 Å². The molecule has 0 aromatic heterocycles. The molecule has 35 heavy (non-hydrogen) atoms. The lowest BCUT2D eigenvalue weighted by Crippen LogP contribution is -2.35. The standard InChI is InChI=1S/C28H27ClN2O3S/c1-18(2)31-27(32)26(35-28(31)30-23-12-5-19(3)6-13-23)16-21-9-14-24(25(15-21)33-4)34-17-20-7-10-22(29)11-8-20/h5-16,18H,17H2,1-4H3/b26-16+,30-28?. The first kappa shape index (κ1) is 24.9. The Hall–Kier alpha value is -3.22. The molecule has 0 bridgehead atoms. The first-order valence-electron chi connectivity index (χ1n) is 11.3. The highest BCUT2D eigenvalue weighted by atomic mass is 35.5. The molecule has 0 saturated carbocycles. The van der Waals surface area contributed by atoms with Gasteiger partial charge in [-0.3, -0.25) is 9.69 Å². The fourth-order valence-corrected chi connectivity index (χ4v) is 4.78. The van der Waals surface area contributed by atoms with Gasteiger partial charge in [-0.05, 0) is 86.1 Å². The molecule has 180 valence electrons. The SMILES string of the molecule is COc1cc(/C=C2/SC(=Nc3ccc(C)cc3)N(C(C)C)C2=O)ccc1OCc1ccc(Cl)cc1. The Morgan fingerprint density at radius 1 is 1.03 bits per heavy atom. The lowest BCUT2D eigenvalue weighted by molar-refractivity contribution is -0.123. The zero-order valence-electron chi connectivity index (χ0n) is 20.1. The molecule has 5 nitrogen and oxygen atoms in total. The van der Waals surface area contributed by atoms with E-state index in [1.165, 1.54) is 17.3 Å². The summed E-state index contributed by atoms with van der Waals surface area (Å²) in [6.45, 7) is 6.41. The third kappa shape index (κ3) is 6.08. The fourth-order valence-electron chi connectivity index (χ4n) is 3.54. The average molecular weight is 507 g/mol. The van der Waals surface area contributed by atoms with Gasteiger partial charge in [-0.25, -0.2) is 4.99 Å². The Labute approximate surface area is 215 Å². The zero-order valence-corrected chi connectivity index (χ0v) is 21.7. The number of amidine groups is 1. The Morgan fingerprint density at radius 2 is 1.74 bits per heavy atom. The topological polar surface area (TPSA) is 51.1 Å². The largest absolute Gasteiger partial charge is 0.493 e. The molecule has 0 radical (unpaired) electrons. The van der Waals surface area contributed by atoms with Gasteiger partial charge in [0, 0.05) is 11.1 Å². The van der Waals surface area contributed by atoms with Gasteiger partial charge in [0.05, 0.1) is 17.7 Å². The Balaban J connectivity index is 1.56. The van der Waals surface area contributed by atoms with Crippen LogP contribution in [-0.4, -0.2) is 29.1 Å². The van der Waals surface area contributed by atoms with E-state index >= 15 is 0 Å². The van der Waals surface area contributed by atoms with Crippen molar-refractivity contribution in [2.75, 3.05) is 7.11 Å². The number of aryl methyl sites for hydroxylation is 1. The maximum absolute atomic E-state index is 13.2. The number of carbonyl (C=O) groups excluding carboxylic acids is 1. The number of carbonyl (C=O) groups is 1. The smallest absolute Gasteiger partial charge is 0.266 e. The van der Waals surface area contributed by atoms with Crippen molar-refractivity contribution >= 4 is 46.2 Å². The third-order valence-electron chi connectivity index (χ3n) is 5.41. The van der Waals surface area contributed by atoms with Gasteiger partial charge >= 0.3 is 0 Å². The molecule has 1 aliphatic heterocycles. The van der Waals surface area contributed by atoms with Crippen LogP contribution in [0, 0.1) is 6.92 Å². The summed E-state index contributed by atoms with van der Waals surface area (Å²) >= 11 is 7.33. The van der Waals surface area contributed by atoms with E-state index in [-0.39, 0.29) is 11.9 Å². The number of rotatable bonds is 7. The van der Waals surface area contributed by atoms with Crippen molar-refractivity contribution < 1.29 is 14.3 Å². The zero-order chi connectivity index (χ0) is 24.9. The summed E-state index contributed by atoms with van der Waals surface area (Å²) in [6, 6.07) is 21.1. The molecule has 1 saturated heterocycles. The van der Waals surface area contributed by atoms with E-state index in [1.807, 2.05) is 93.6 Å². The summed E-state index contributed by atoms with van der Waals surface area (Å²) < 4.78 is 11.5. The molecule has 4 rings (SSSR count). The number of hydrogen-bond donors (Lipinski definition) is 0. The second kappa shape index (κ2) is 11.0. The molecule has 7 heteroatoms. The first-order chi connectivity index (χ1) is 16.8. The summed E-state index contributed by atoms with van der Waals surface area (Å²) in [5, 5.41) is 1.36. The van der Waals surface area contributed by atoms with Crippen LogP contribution in [0.5, 0.6) is 11.5 Å². The molecule has 0 spiro atoms. The summed E-state index contributed by atoms with van der Waals surface area (Å²) in [6.07, 6.45) is 1.87. The van der Waals surface area contributed by atoms with Gasteiger partial charge in [0.15, 0.2) is 16.7 Å². The van der Waals surface area contributed by atoms with E-state index in [1.54, 1.807) is 12.0 Å². The highest BCUT2D eigenvalue weighted by Gasteiger charge is 2.35. The van der Waals surface area contributed by atoms with Crippen molar-refractivity contribution in [3.05, 3.63) is 93.3 Å². The maximum Gasteiger partial charge on any atom is 0.266 e. The lowest BCUT2D eigenvalue weighted by Gasteiger charge is -2.19. The van der Waals surface area contributed by atoms with Crippen molar-refractivity contribution in [1.29, 1.82) is 0 Å². The van der Waals surface area contributed by atoms with E-state index in [2.05, 4.69) is 0 Å². The van der Waals surface area contributed by atoms with Gasteiger partial charge in [-0.15, -0.1) is 0 Å². The van der Waals surface area contributed by atoms with E-state index in [9.17, 15) is 4.79 Å². The van der Waals surface area contributed by atoms with Gasteiger partial charge in [0.2, 0.25) is 0 Å². The average Bonchev–Trinajstić information content (AvgIpc) is 3.15. The van der Waals surface area contributed by atoms with Crippen LogP contribution in [-0.2, 0) is 11.4 Å². The molecule has 3 aromatic carbocycles. The number of methoxy groups -OCH3 is 1. The number of halogens is 1. The van der Waals surface area contributed by atoms with Gasteiger partial charge < -0.3 is 9.47 Å². The van der Waals surface area contributed by atoms with Gasteiger partial charge in [-0.1, -0.05) is 47.5 Å². The first-order valence-corrected chi connectivity index (χ1v) is 12.5. The minimum Gasteiger partial charge on any atom is -0.493 e. The molecule has 3 aromatic rings. The Bertz CT molecular complexity index is 1270. The molecule has 0 unspecified atom stereocenters. The van der Waals surface area contributed by atoms with E-state index in [0.29, 0.717) is 33.2 Å². The minimum atomic E-state index is -0.0575. The maximum atomic E-state index is 13.2. The van der Waals surface area contributed by atoms with Crippen LogP contribution in [0.4, 0.5) is 5.69 Å². The number of amides is 1. The van der Waals surface area contributed by atoms with E-state index in [4.69, 9.17) is 26.1 Å². The highest BCUT2D eigenvalue weighted by molar-refractivity contribution is 8.18. The second-order valence-electron chi connectivity index (χ2n) is 8.43. The molecule has 0 N–H and O–H groups in total. The summed E-state index contributed by atoms with van der Waals surface area (Å²) in [7, 11) is 1.60. The van der Waals surface area contributed by atoms with E-state index < -0.39 is 0 Å². The van der Waals surface area contributed by atoms with Crippen LogP contribution >= 0.6 is 23.4 Å². The predicted molar refractivity (Wildman–Crippen MR) is 145 cm³/mol.